The highest BCUT2D eigenvalue weighted by molar-refractivity contribution is 5.93. The summed E-state index contributed by atoms with van der Waals surface area (Å²) < 4.78 is 0. The molecular formula is C13H24N2O3. The third-order valence-corrected chi connectivity index (χ3v) is 3.64. The van der Waals surface area contributed by atoms with Gasteiger partial charge in [0.15, 0.2) is 0 Å². The summed E-state index contributed by atoms with van der Waals surface area (Å²) >= 11 is 0. The van der Waals surface area contributed by atoms with Gasteiger partial charge in [-0.2, -0.15) is 0 Å². The molecule has 0 aromatic heterocycles. The first kappa shape index (κ1) is 15.0. The predicted octanol–water partition coefficient (Wildman–Crippen LogP) is 0.522. The lowest BCUT2D eigenvalue weighted by Gasteiger charge is -2.34. The van der Waals surface area contributed by atoms with Gasteiger partial charge in [-0.1, -0.05) is 12.8 Å². The topological polar surface area (TPSA) is 69.6 Å². The molecule has 1 rings (SSSR count). The van der Waals surface area contributed by atoms with Crippen molar-refractivity contribution in [2.45, 2.75) is 45.1 Å². The standard InChI is InChI=1S/C13H24N2O3/c1-12(2,9-16)10(17)14-13(7-5-6-8-13)11(18)15(3)4/h16H,5-9H2,1-4H3,(H,14,17). The van der Waals surface area contributed by atoms with Gasteiger partial charge in [-0.05, 0) is 26.7 Å². The second kappa shape index (κ2) is 5.26. The number of nitrogens with one attached hydrogen (secondary N) is 1. The molecular weight excluding hydrogens is 232 g/mol. The first-order valence-electron chi connectivity index (χ1n) is 6.40. The van der Waals surface area contributed by atoms with E-state index < -0.39 is 11.0 Å². The molecule has 0 bridgehead atoms. The minimum absolute atomic E-state index is 0.0536. The Hall–Kier alpha value is -1.10. The van der Waals surface area contributed by atoms with E-state index in [1.54, 1.807) is 27.9 Å². The third kappa shape index (κ3) is 2.83. The molecule has 2 N–H and O–H groups in total. The van der Waals surface area contributed by atoms with E-state index in [1.807, 2.05) is 0 Å². The lowest BCUT2D eigenvalue weighted by Crippen LogP contribution is -2.59. The number of amides is 2. The Morgan fingerprint density at radius 2 is 1.78 bits per heavy atom. The summed E-state index contributed by atoms with van der Waals surface area (Å²) in [5, 5.41) is 12.1. The summed E-state index contributed by atoms with van der Waals surface area (Å²) in [7, 11) is 3.40. The number of carbonyl (C=O) groups is 2. The van der Waals surface area contributed by atoms with Gasteiger partial charge in [-0.3, -0.25) is 9.59 Å². The molecule has 0 aromatic rings. The van der Waals surface area contributed by atoms with Crippen LogP contribution in [0.1, 0.15) is 39.5 Å². The van der Waals surface area contributed by atoms with E-state index in [0.717, 1.165) is 12.8 Å². The van der Waals surface area contributed by atoms with Gasteiger partial charge in [0.2, 0.25) is 11.8 Å². The molecule has 1 saturated carbocycles. The van der Waals surface area contributed by atoms with E-state index in [2.05, 4.69) is 5.32 Å². The number of rotatable bonds is 4. The van der Waals surface area contributed by atoms with Crippen molar-refractivity contribution in [1.29, 1.82) is 0 Å². The molecule has 0 saturated heterocycles. The van der Waals surface area contributed by atoms with Gasteiger partial charge < -0.3 is 15.3 Å². The van der Waals surface area contributed by atoms with E-state index in [4.69, 9.17) is 0 Å². The average molecular weight is 256 g/mol. The quantitative estimate of drug-likeness (QED) is 0.770. The zero-order chi connectivity index (χ0) is 14.0. The Morgan fingerprint density at radius 1 is 1.28 bits per heavy atom. The Bertz CT molecular complexity index is 331. The number of aliphatic hydroxyl groups is 1. The average Bonchev–Trinajstić information content (AvgIpc) is 2.77. The maximum Gasteiger partial charge on any atom is 0.247 e. The van der Waals surface area contributed by atoms with Crippen LogP contribution < -0.4 is 5.32 Å². The van der Waals surface area contributed by atoms with Gasteiger partial charge in [0.25, 0.3) is 0 Å². The smallest absolute Gasteiger partial charge is 0.247 e. The van der Waals surface area contributed by atoms with Gasteiger partial charge in [-0.25, -0.2) is 0 Å². The highest BCUT2D eigenvalue weighted by Gasteiger charge is 2.45. The zero-order valence-corrected chi connectivity index (χ0v) is 11.7. The lowest BCUT2D eigenvalue weighted by molar-refractivity contribution is -0.143. The number of carbonyl (C=O) groups excluding carboxylic acids is 2. The molecule has 0 atom stereocenters. The van der Waals surface area contributed by atoms with Crippen LogP contribution >= 0.6 is 0 Å². The Labute approximate surface area is 109 Å². The number of likely N-dealkylation sites (N-methyl/N-ethyl adjacent to an activating group) is 1. The van der Waals surface area contributed by atoms with Gasteiger partial charge in [-0.15, -0.1) is 0 Å². The summed E-state index contributed by atoms with van der Waals surface area (Å²) in [5.41, 5.74) is -1.63. The highest BCUT2D eigenvalue weighted by Crippen LogP contribution is 2.32. The largest absolute Gasteiger partial charge is 0.395 e. The van der Waals surface area contributed by atoms with Crippen molar-refractivity contribution in [3.8, 4) is 0 Å². The molecule has 1 aliphatic rings. The maximum absolute atomic E-state index is 12.3. The van der Waals surface area contributed by atoms with Crippen LogP contribution in [-0.2, 0) is 9.59 Å². The number of aliphatic hydroxyl groups excluding tert-OH is 1. The van der Waals surface area contributed by atoms with Crippen molar-refractivity contribution < 1.29 is 14.7 Å². The highest BCUT2D eigenvalue weighted by atomic mass is 16.3. The molecule has 0 unspecified atom stereocenters. The fourth-order valence-corrected chi connectivity index (χ4v) is 2.26. The molecule has 0 spiro atoms. The second-order valence-electron chi connectivity index (χ2n) is 5.98. The van der Waals surface area contributed by atoms with Crippen molar-refractivity contribution in [2.24, 2.45) is 5.41 Å². The zero-order valence-electron chi connectivity index (χ0n) is 11.7. The molecule has 104 valence electrons. The van der Waals surface area contributed by atoms with E-state index in [9.17, 15) is 14.7 Å². The molecule has 0 aromatic carbocycles. The van der Waals surface area contributed by atoms with Crippen LogP contribution in [-0.4, -0.2) is 48.1 Å². The van der Waals surface area contributed by atoms with Crippen molar-refractivity contribution in [1.82, 2.24) is 10.2 Å². The molecule has 5 heteroatoms. The minimum atomic E-state index is -0.859. The molecule has 1 aliphatic carbocycles. The fourth-order valence-electron chi connectivity index (χ4n) is 2.26. The second-order valence-corrected chi connectivity index (χ2v) is 5.98. The van der Waals surface area contributed by atoms with E-state index in [0.29, 0.717) is 12.8 Å². The van der Waals surface area contributed by atoms with E-state index in [-0.39, 0.29) is 18.4 Å². The third-order valence-electron chi connectivity index (χ3n) is 3.64. The fraction of sp³-hybridized carbons (Fsp3) is 0.846. The van der Waals surface area contributed by atoms with E-state index >= 15 is 0 Å². The van der Waals surface area contributed by atoms with Crippen LogP contribution in [0.25, 0.3) is 0 Å². The Morgan fingerprint density at radius 3 is 2.17 bits per heavy atom. The van der Waals surface area contributed by atoms with Crippen molar-refractivity contribution in [3.63, 3.8) is 0 Å². The van der Waals surface area contributed by atoms with Crippen LogP contribution in [0, 0.1) is 5.41 Å². The van der Waals surface area contributed by atoms with E-state index in [1.165, 1.54) is 4.90 Å². The number of nitrogens with zero attached hydrogens (tertiary/aromatic N) is 1. The summed E-state index contributed by atoms with van der Waals surface area (Å²) in [6, 6.07) is 0. The van der Waals surface area contributed by atoms with Crippen molar-refractivity contribution >= 4 is 11.8 Å². The predicted molar refractivity (Wildman–Crippen MR) is 68.9 cm³/mol. The molecule has 5 nitrogen and oxygen atoms in total. The first-order chi connectivity index (χ1) is 8.25. The molecule has 18 heavy (non-hydrogen) atoms. The van der Waals surface area contributed by atoms with Crippen LogP contribution in [0.3, 0.4) is 0 Å². The Balaban J connectivity index is 2.88. The van der Waals surface area contributed by atoms with Crippen LogP contribution in [0.15, 0.2) is 0 Å². The van der Waals surface area contributed by atoms with Gasteiger partial charge in [0.1, 0.15) is 5.54 Å². The van der Waals surface area contributed by atoms with Gasteiger partial charge in [0.05, 0.1) is 12.0 Å². The Kier molecular flexibility index (Phi) is 4.37. The minimum Gasteiger partial charge on any atom is -0.395 e. The van der Waals surface area contributed by atoms with Gasteiger partial charge >= 0.3 is 0 Å². The lowest BCUT2D eigenvalue weighted by atomic mass is 9.89. The summed E-state index contributed by atoms with van der Waals surface area (Å²) in [6.45, 7) is 3.11. The van der Waals surface area contributed by atoms with Crippen LogP contribution in [0.4, 0.5) is 0 Å². The first-order valence-corrected chi connectivity index (χ1v) is 6.40. The summed E-state index contributed by atoms with van der Waals surface area (Å²) in [5.74, 6) is -0.316. The monoisotopic (exact) mass is 256 g/mol. The molecule has 0 heterocycles. The molecule has 2 amide bonds. The number of hydrogen-bond donors (Lipinski definition) is 2. The molecule has 1 fully saturated rings. The van der Waals surface area contributed by atoms with Crippen molar-refractivity contribution in [3.05, 3.63) is 0 Å². The van der Waals surface area contributed by atoms with Crippen molar-refractivity contribution in [2.75, 3.05) is 20.7 Å². The normalized spacial score (nSPS) is 18.5. The van der Waals surface area contributed by atoms with Gasteiger partial charge in [0, 0.05) is 14.1 Å². The molecule has 0 radical (unpaired) electrons. The van der Waals surface area contributed by atoms with Crippen LogP contribution in [0.2, 0.25) is 0 Å². The summed E-state index contributed by atoms with van der Waals surface area (Å²) in [6.07, 6.45) is 3.24. The maximum atomic E-state index is 12.3. The number of hydrogen-bond acceptors (Lipinski definition) is 3. The SMILES string of the molecule is CN(C)C(=O)C1(NC(=O)C(C)(C)CO)CCCC1. The summed E-state index contributed by atoms with van der Waals surface area (Å²) in [4.78, 5) is 25.9. The molecule has 0 aliphatic heterocycles. The van der Waals surface area contributed by atoms with Crippen LogP contribution in [0.5, 0.6) is 0 Å².